The zero-order valence-electron chi connectivity index (χ0n) is 17.5. The Balaban J connectivity index is 1.84. The highest BCUT2D eigenvalue weighted by Gasteiger charge is 2.27. The van der Waals surface area contributed by atoms with Crippen LogP contribution in [0.5, 0.6) is 5.75 Å². The molecule has 0 saturated carbocycles. The summed E-state index contributed by atoms with van der Waals surface area (Å²) in [6.07, 6.45) is 1.97. The Morgan fingerprint density at radius 1 is 1.00 bits per heavy atom. The second-order valence-corrected chi connectivity index (χ2v) is 8.58. The minimum absolute atomic E-state index is 0.140. The van der Waals surface area contributed by atoms with Crippen molar-refractivity contribution < 1.29 is 9.53 Å². The number of thiazole rings is 1. The number of carbonyl (C=O) groups excluding carboxylic acids is 1. The topological polar surface area (TPSA) is 42.4 Å². The molecule has 0 saturated heterocycles. The molecule has 1 amide bonds. The fourth-order valence-electron chi connectivity index (χ4n) is 3.28. The molecule has 6 heteroatoms. The van der Waals surface area contributed by atoms with Gasteiger partial charge in [0, 0.05) is 15.8 Å². The molecular formula is C25H22N2O2S2. The average molecular weight is 447 g/mol. The summed E-state index contributed by atoms with van der Waals surface area (Å²) in [5.74, 6) is 0.476. The Morgan fingerprint density at radius 3 is 2.45 bits per heavy atom. The van der Waals surface area contributed by atoms with E-state index in [2.05, 4.69) is 19.1 Å². The zero-order chi connectivity index (χ0) is 21.8. The molecule has 3 aromatic carbocycles. The molecule has 156 valence electrons. The number of benzene rings is 3. The Morgan fingerprint density at radius 2 is 1.71 bits per heavy atom. The van der Waals surface area contributed by atoms with E-state index in [1.807, 2.05) is 72.3 Å². The van der Waals surface area contributed by atoms with Gasteiger partial charge in [-0.2, -0.15) is 0 Å². The number of methoxy groups -OCH3 is 1. The third kappa shape index (κ3) is 4.36. The highest BCUT2D eigenvalue weighted by atomic mass is 32.2. The third-order valence-corrected chi connectivity index (χ3v) is 6.52. The highest BCUT2D eigenvalue weighted by Crippen LogP contribution is 2.39. The highest BCUT2D eigenvalue weighted by molar-refractivity contribution is 7.98. The van der Waals surface area contributed by atoms with E-state index in [9.17, 15) is 4.79 Å². The van der Waals surface area contributed by atoms with E-state index in [1.54, 1.807) is 23.8 Å². The quantitative estimate of drug-likeness (QED) is 0.305. The maximum Gasteiger partial charge on any atom is 0.265 e. The van der Waals surface area contributed by atoms with Gasteiger partial charge in [-0.3, -0.25) is 4.79 Å². The van der Waals surface area contributed by atoms with Crippen LogP contribution >= 0.6 is 23.1 Å². The molecule has 4 nitrogen and oxygen atoms in total. The van der Waals surface area contributed by atoms with Crippen LogP contribution in [-0.4, -0.2) is 24.3 Å². The van der Waals surface area contributed by atoms with Gasteiger partial charge in [0.1, 0.15) is 5.75 Å². The van der Waals surface area contributed by atoms with E-state index in [1.165, 1.54) is 16.9 Å². The number of nitrogens with zero attached hydrogens (tertiary/aromatic N) is 2. The second-order valence-electron chi connectivity index (χ2n) is 6.89. The molecule has 4 rings (SSSR count). The summed E-state index contributed by atoms with van der Waals surface area (Å²) in [5, 5.41) is 2.58. The number of aryl methyl sites for hydroxylation is 1. The standard InChI is InChI=1S/C25H22N2O2S2/c1-17-12-14-18(15-13-17)20-16-31-25(26-20)27(21-9-5-6-10-22(21)29-2)24(28)19-8-4-7-11-23(19)30-3/h4-16H,1-3H3. The van der Waals surface area contributed by atoms with Crippen LogP contribution in [0.2, 0.25) is 0 Å². The molecular weight excluding hydrogens is 424 g/mol. The van der Waals surface area contributed by atoms with Crippen molar-refractivity contribution in [2.45, 2.75) is 11.8 Å². The molecule has 1 aromatic heterocycles. The fraction of sp³-hybridized carbons (Fsp3) is 0.120. The lowest BCUT2D eigenvalue weighted by atomic mass is 10.1. The normalized spacial score (nSPS) is 10.7. The number of para-hydroxylation sites is 2. The van der Waals surface area contributed by atoms with Crippen LogP contribution < -0.4 is 9.64 Å². The predicted octanol–water partition coefficient (Wildman–Crippen LogP) is 6.83. The Hall–Kier alpha value is -3.09. The summed E-state index contributed by atoms with van der Waals surface area (Å²) in [7, 11) is 1.61. The number of anilines is 2. The van der Waals surface area contributed by atoms with Crippen molar-refractivity contribution in [3.8, 4) is 17.0 Å². The number of carbonyl (C=O) groups is 1. The lowest BCUT2D eigenvalue weighted by molar-refractivity contribution is 0.0996. The van der Waals surface area contributed by atoms with Crippen LogP contribution in [0.25, 0.3) is 11.3 Å². The van der Waals surface area contributed by atoms with Crippen molar-refractivity contribution in [3.05, 3.63) is 89.3 Å². The minimum atomic E-state index is -0.140. The number of hydrogen-bond acceptors (Lipinski definition) is 5. The molecule has 0 aliphatic heterocycles. The number of rotatable bonds is 6. The molecule has 0 spiro atoms. The van der Waals surface area contributed by atoms with Crippen molar-refractivity contribution >= 4 is 39.8 Å². The van der Waals surface area contributed by atoms with Gasteiger partial charge in [-0.25, -0.2) is 9.88 Å². The molecule has 0 unspecified atom stereocenters. The van der Waals surface area contributed by atoms with E-state index in [0.29, 0.717) is 22.1 Å². The monoisotopic (exact) mass is 446 g/mol. The first kappa shape index (κ1) is 21.2. The first-order chi connectivity index (χ1) is 15.1. The number of ether oxygens (including phenoxy) is 1. The van der Waals surface area contributed by atoms with Gasteiger partial charge in [0.05, 0.1) is 24.1 Å². The molecule has 0 atom stereocenters. The summed E-state index contributed by atoms with van der Waals surface area (Å²) in [6, 6.07) is 23.4. The summed E-state index contributed by atoms with van der Waals surface area (Å²) in [5.41, 5.74) is 4.35. The second kappa shape index (κ2) is 9.37. The van der Waals surface area contributed by atoms with Crippen molar-refractivity contribution in [3.63, 3.8) is 0 Å². The number of hydrogen-bond donors (Lipinski definition) is 0. The Kier molecular flexibility index (Phi) is 6.39. The van der Waals surface area contributed by atoms with E-state index < -0.39 is 0 Å². The van der Waals surface area contributed by atoms with Gasteiger partial charge in [0.25, 0.3) is 5.91 Å². The summed E-state index contributed by atoms with van der Waals surface area (Å²) in [4.78, 5) is 21.2. The largest absolute Gasteiger partial charge is 0.495 e. The molecule has 31 heavy (non-hydrogen) atoms. The summed E-state index contributed by atoms with van der Waals surface area (Å²) >= 11 is 2.99. The maximum atomic E-state index is 13.8. The predicted molar refractivity (Wildman–Crippen MR) is 130 cm³/mol. The van der Waals surface area contributed by atoms with E-state index in [0.717, 1.165) is 16.2 Å². The van der Waals surface area contributed by atoms with Gasteiger partial charge in [0.2, 0.25) is 0 Å². The van der Waals surface area contributed by atoms with E-state index in [4.69, 9.17) is 9.72 Å². The molecule has 0 N–H and O–H groups in total. The van der Waals surface area contributed by atoms with Crippen LogP contribution in [0.15, 0.2) is 83.1 Å². The first-order valence-corrected chi connectivity index (χ1v) is 11.9. The molecule has 0 fully saturated rings. The minimum Gasteiger partial charge on any atom is -0.495 e. The van der Waals surface area contributed by atoms with Gasteiger partial charge < -0.3 is 4.74 Å². The Bertz CT molecular complexity index is 1200. The molecule has 0 aliphatic carbocycles. The van der Waals surface area contributed by atoms with Crippen LogP contribution in [-0.2, 0) is 0 Å². The van der Waals surface area contributed by atoms with Crippen LogP contribution in [0.4, 0.5) is 10.8 Å². The number of amides is 1. The fourth-order valence-corrected chi connectivity index (χ4v) is 4.71. The summed E-state index contributed by atoms with van der Waals surface area (Å²) < 4.78 is 5.57. The molecule has 0 aliphatic rings. The van der Waals surface area contributed by atoms with Gasteiger partial charge >= 0.3 is 0 Å². The third-order valence-electron chi connectivity index (χ3n) is 4.90. The van der Waals surface area contributed by atoms with Crippen LogP contribution in [0.1, 0.15) is 15.9 Å². The smallest absolute Gasteiger partial charge is 0.265 e. The molecule has 0 bridgehead atoms. The van der Waals surface area contributed by atoms with Crippen molar-refractivity contribution in [1.82, 2.24) is 4.98 Å². The van der Waals surface area contributed by atoms with Crippen molar-refractivity contribution in [1.29, 1.82) is 0 Å². The molecule has 0 radical (unpaired) electrons. The van der Waals surface area contributed by atoms with E-state index in [-0.39, 0.29) is 5.91 Å². The van der Waals surface area contributed by atoms with Crippen LogP contribution in [0, 0.1) is 6.92 Å². The van der Waals surface area contributed by atoms with E-state index >= 15 is 0 Å². The average Bonchev–Trinajstić information content (AvgIpc) is 3.29. The van der Waals surface area contributed by atoms with Gasteiger partial charge in [0.15, 0.2) is 5.13 Å². The SMILES string of the molecule is COc1ccccc1N(C(=O)c1ccccc1SC)c1nc(-c2ccc(C)cc2)cs1. The lowest BCUT2D eigenvalue weighted by Gasteiger charge is -2.23. The van der Waals surface area contributed by atoms with Gasteiger partial charge in [-0.15, -0.1) is 23.1 Å². The van der Waals surface area contributed by atoms with Crippen LogP contribution in [0.3, 0.4) is 0 Å². The number of aromatic nitrogens is 1. The van der Waals surface area contributed by atoms with Gasteiger partial charge in [-0.1, -0.05) is 54.1 Å². The Labute approximate surface area is 190 Å². The van der Waals surface area contributed by atoms with Gasteiger partial charge in [-0.05, 0) is 37.4 Å². The summed E-state index contributed by atoms with van der Waals surface area (Å²) in [6.45, 7) is 2.06. The molecule has 1 heterocycles. The first-order valence-electron chi connectivity index (χ1n) is 9.75. The lowest BCUT2D eigenvalue weighted by Crippen LogP contribution is -2.26. The number of thioether (sulfide) groups is 1. The maximum absolute atomic E-state index is 13.8. The zero-order valence-corrected chi connectivity index (χ0v) is 19.2. The van der Waals surface area contributed by atoms with Crippen molar-refractivity contribution in [2.75, 3.05) is 18.3 Å². The molecule has 4 aromatic rings. The van der Waals surface area contributed by atoms with Crippen molar-refractivity contribution in [2.24, 2.45) is 0 Å².